The zero-order valence-electron chi connectivity index (χ0n) is 14.0. The first-order valence-electron chi connectivity index (χ1n) is 7.17. The lowest BCUT2D eigenvalue weighted by molar-refractivity contribution is 0.0734. The van der Waals surface area contributed by atoms with Gasteiger partial charge in [0.2, 0.25) is 0 Å². The van der Waals surface area contributed by atoms with E-state index in [-0.39, 0.29) is 36.1 Å². The predicted octanol–water partition coefficient (Wildman–Crippen LogP) is 1.62. The molecule has 0 spiro atoms. The van der Waals surface area contributed by atoms with Crippen molar-refractivity contribution in [1.82, 2.24) is 24.9 Å². The number of carbonyl (C=O) groups is 1. The Morgan fingerprint density at radius 2 is 2.04 bits per heavy atom. The summed E-state index contributed by atoms with van der Waals surface area (Å²) in [7, 11) is 1.75. The molecule has 2 aromatic rings. The second-order valence-electron chi connectivity index (χ2n) is 6.15. The van der Waals surface area contributed by atoms with E-state index in [1.165, 1.54) is 0 Å². The van der Waals surface area contributed by atoms with Gasteiger partial charge in [-0.25, -0.2) is 4.68 Å². The third-order valence-corrected chi connectivity index (χ3v) is 3.37. The molecular weight excluding hydrogens is 351 g/mol. The van der Waals surface area contributed by atoms with Crippen LogP contribution < -0.4 is 5.73 Å². The van der Waals surface area contributed by atoms with Gasteiger partial charge in [-0.05, 0) is 24.1 Å². The quantitative estimate of drug-likeness (QED) is 0.829. The van der Waals surface area contributed by atoms with Crippen molar-refractivity contribution in [2.45, 2.75) is 20.4 Å². The number of aromatic nitrogens is 4. The number of rotatable bonds is 6. The average molecular weight is 375 g/mol. The summed E-state index contributed by atoms with van der Waals surface area (Å²) in [6, 6.07) is 5.67. The number of amides is 1. The van der Waals surface area contributed by atoms with Crippen LogP contribution in [0.4, 0.5) is 0 Å². The minimum Gasteiger partial charge on any atom is -0.340 e. The molecule has 0 saturated carbocycles. The third-order valence-electron chi connectivity index (χ3n) is 3.37. The second-order valence-corrected chi connectivity index (χ2v) is 6.15. The van der Waals surface area contributed by atoms with Crippen LogP contribution in [0.3, 0.4) is 0 Å². The molecule has 0 aromatic carbocycles. The lowest BCUT2D eigenvalue weighted by Gasteiger charge is -2.28. The molecule has 0 saturated heterocycles. The predicted molar refractivity (Wildman–Crippen MR) is 97.7 cm³/mol. The Balaban J connectivity index is 0.00000264. The summed E-state index contributed by atoms with van der Waals surface area (Å²) >= 11 is 0. The number of nitrogens with two attached hydrogens (primary N) is 1. The molecule has 7 nitrogen and oxygen atoms in total. The van der Waals surface area contributed by atoms with Crippen LogP contribution in [-0.2, 0) is 6.54 Å². The molecule has 0 atom stereocenters. The highest BCUT2D eigenvalue weighted by atomic mass is 35.5. The van der Waals surface area contributed by atoms with Crippen molar-refractivity contribution >= 4 is 30.7 Å². The minimum atomic E-state index is -0.159. The van der Waals surface area contributed by atoms with Gasteiger partial charge >= 0.3 is 0 Å². The van der Waals surface area contributed by atoms with Gasteiger partial charge in [0.1, 0.15) is 0 Å². The molecule has 2 heterocycles. The van der Waals surface area contributed by atoms with Gasteiger partial charge in [-0.1, -0.05) is 25.1 Å². The molecule has 2 aromatic heterocycles. The maximum absolute atomic E-state index is 12.4. The van der Waals surface area contributed by atoms with Crippen LogP contribution in [0.15, 0.2) is 30.6 Å². The summed E-state index contributed by atoms with van der Waals surface area (Å²) in [5, 5.41) is 7.94. The largest absolute Gasteiger partial charge is 0.340 e. The second kappa shape index (κ2) is 9.56. The molecule has 0 aliphatic heterocycles. The normalized spacial score (nSPS) is 10.5. The van der Waals surface area contributed by atoms with E-state index in [0.29, 0.717) is 25.3 Å². The minimum absolute atomic E-state index is 0. The first-order chi connectivity index (χ1) is 10.4. The number of pyridine rings is 1. The Hall–Kier alpha value is -1.70. The SMILES string of the molecule is CN(CC(C)(C)CN)C(=O)c1cn(Cc2ccccn2)nn1.Cl.Cl. The fourth-order valence-corrected chi connectivity index (χ4v) is 2.11. The van der Waals surface area contributed by atoms with Crippen LogP contribution in [0.5, 0.6) is 0 Å². The van der Waals surface area contributed by atoms with Gasteiger partial charge < -0.3 is 10.6 Å². The van der Waals surface area contributed by atoms with E-state index in [1.54, 1.807) is 29.0 Å². The first kappa shape index (κ1) is 22.3. The Morgan fingerprint density at radius 1 is 1.33 bits per heavy atom. The Kier molecular flexibility index (Phi) is 8.88. The molecule has 134 valence electrons. The van der Waals surface area contributed by atoms with E-state index in [0.717, 1.165) is 5.69 Å². The van der Waals surface area contributed by atoms with Crippen molar-refractivity contribution in [1.29, 1.82) is 0 Å². The molecule has 0 aliphatic rings. The number of nitrogens with zero attached hydrogens (tertiary/aromatic N) is 5. The Morgan fingerprint density at radius 3 is 2.62 bits per heavy atom. The molecule has 0 radical (unpaired) electrons. The highest BCUT2D eigenvalue weighted by Gasteiger charge is 2.23. The van der Waals surface area contributed by atoms with Crippen LogP contribution in [0.2, 0.25) is 0 Å². The van der Waals surface area contributed by atoms with Gasteiger partial charge in [-0.3, -0.25) is 9.78 Å². The van der Waals surface area contributed by atoms with E-state index < -0.39 is 0 Å². The summed E-state index contributed by atoms with van der Waals surface area (Å²) in [6.07, 6.45) is 3.37. The molecule has 24 heavy (non-hydrogen) atoms. The highest BCUT2D eigenvalue weighted by molar-refractivity contribution is 5.91. The van der Waals surface area contributed by atoms with Gasteiger partial charge in [0.05, 0.1) is 18.4 Å². The number of hydrogen-bond acceptors (Lipinski definition) is 5. The molecule has 0 unspecified atom stereocenters. The van der Waals surface area contributed by atoms with E-state index in [9.17, 15) is 4.79 Å². The smallest absolute Gasteiger partial charge is 0.275 e. The van der Waals surface area contributed by atoms with E-state index in [1.807, 2.05) is 32.0 Å². The van der Waals surface area contributed by atoms with Crippen molar-refractivity contribution in [3.8, 4) is 0 Å². The van der Waals surface area contributed by atoms with E-state index in [4.69, 9.17) is 5.73 Å². The maximum Gasteiger partial charge on any atom is 0.275 e. The topological polar surface area (TPSA) is 89.9 Å². The van der Waals surface area contributed by atoms with Crippen LogP contribution in [-0.4, -0.2) is 50.9 Å². The number of hydrogen-bond donors (Lipinski definition) is 1. The van der Waals surface area contributed by atoms with Crippen LogP contribution >= 0.6 is 24.8 Å². The van der Waals surface area contributed by atoms with Gasteiger partial charge in [-0.15, -0.1) is 29.9 Å². The fraction of sp³-hybridized carbons (Fsp3) is 0.467. The lowest BCUT2D eigenvalue weighted by Crippen LogP contribution is -2.39. The van der Waals surface area contributed by atoms with Crippen LogP contribution in [0.25, 0.3) is 0 Å². The lowest BCUT2D eigenvalue weighted by atomic mass is 9.93. The zero-order chi connectivity index (χ0) is 16.2. The van der Waals surface area contributed by atoms with Crippen LogP contribution in [0, 0.1) is 5.41 Å². The van der Waals surface area contributed by atoms with Crippen molar-refractivity contribution in [2.75, 3.05) is 20.1 Å². The molecule has 1 amide bonds. The van der Waals surface area contributed by atoms with E-state index in [2.05, 4.69) is 15.3 Å². The molecule has 2 rings (SSSR count). The van der Waals surface area contributed by atoms with Gasteiger partial charge in [-0.2, -0.15) is 0 Å². The monoisotopic (exact) mass is 374 g/mol. The first-order valence-corrected chi connectivity index (χ1v) is 7.17. The number of halogens is 2. The van der Waals surface area contributed by atoms with Crippen molar-refractivity contribution < 1.29 is 4.79 Å². The van der Waals surface area contributed by atoms with Gasteiger partial charge in [0, 0.05) is 19.8 Å². The van der Waals surface area contributed by atoms with Crippen molar-refractivity contribution in [2.24, 2.45) is 11.1 Å². The summed E-state index contributed by atoms with van der Waals surface area (Å²) in [5.74, 6) is -0.159. The average Bonchev–Trinajstić information content (AvgIpc) is 2.95. The van der Waals surface area contributed by atoms with Crippen LogP contribution in [0.1, 0.15) is 30.0 Å². The van der Waals surface area contributed by atoms with Crippen molar-refractivity contribution in [3.63, 3.8) is 0 Å². The van der Waals surface area contributed by atoms with Gasteiger partial charge in [0.25, 0.3) is 5.91 Å². The molecule has 0 bridgehead atoms. The maximum atomic E-state index is 12.4. The fourth-order valence-electron chi connectivity index (χ4n) is 2.11. The highest BCUT2D eigenvalue weighted by Crippen LogP contribution is 2.15. The summed E-state index contributed by atoms with van der Waals surface area (Å²) < 4.78 is 1.61. The zero-order valence-corrected chi connectivity index (χ0v) is 15.7. The summed E-state index contributed by atoms with van der Waals surface area (Å²) in [5.41, 5.74) is 6.77. The molecule has 0 fully saturated rings. The van der Waals surface area contributed by atoms with Crippen molar-refractivity contribution in [3.05, 3.63) is 42.0 Å². The number of carbonyl (C=O) groups excluding carboxylic acids is 1. The molecule has 0 aliphatic carbocycles. The Labute approximate surface area is 154 Å². The van der Waals surface area contributed by atoms with Gasteiger partial charge in [0.15, 0.2) is 5.69 Å². The molecule has 9 heteroatoms. The standard InChI is InChI=1S/C15H22N6O.2ClH/c1-15(2,10-16)11-20(3)14(22)13-9-21(19-18-13)8-12-6-4-5-7-17-12;;/h4-7,9H,8,10-11,16H2,1-3H3;2*1H. The summed E-state index contributed by atoms with van der Waals surface area (Å²) in [6.45, 7) is 5.61. The summed E-state index contributed by atoms with van der Waals surface area (Å²) in [4.78, 5) is 18.2. The Bertz CT molecular complexity index is 632. The van der Waals surface area contributed by atoms with E-state index >= 15 is 0 Å². The molecular formula is C15H24Cl2N6O. The third kappa shape index (κ3) is 6.07. The molecule has 2 N–H and O–H groups in total.